The number of carbonyl (C=O) groups excluding carboxylic acids is 1. The standard InChI is InChI=1S/C11H21NO4.C5H7N3O2.C4H4O4/c1-8(2)6-10(13)16-9(11(14)15)7-12(3,4)5;6-4(5(9)10)3-1-7-2-8-3;5-3(6)1-2-4(7)8/h8-9H,6-7H2,1-5H3;1-2,4H,6H2,(H,7,8)(H,9,10);1-2H,(H,5,6)(H,7,8)/p+2/b;;2-1+/t9-;;/m1../s1. The molecular weight excluding hydrogens is 456 g/mol. The average Bonchev–Trinajstić information content (AvgIpc) is 3.19. The van der Waals surface area contributed by atoms with Crippen LogP contribution >= 0.6 is 0 Å². The molecule has 14 heteroatoms. The topological polar surface area (TPSA) is 230 Å². The van der Waals surface area contributed by atoms with Gasteiger partial charge in [-0.25, -0.2) is 19.4 Å². The van der Waals surface area contributed by atoms with Crippen molar-refractivity contribution in [1.29, 1.82) is 0 Å². The number of nitrogens with zero attached hydrogens (tertiary/aromatic N) is 2. The molecule has 0 aromatic heterocycles. The SMILES string of the molecule is CC(C)CC(=O)O[C@H](C[N+](C)(C)C)C(=O)O.NC(C(=O)O)C1=C[NH2+]C=N1.O=C(O)/C=C/C(=O)O. The molecule has 1 aliphatic rings. The zero-order valence-electron chi connectivity index (χ0n) is 19.7. The molecule has 192 valence electrons. The zero-order chi connectivity index (χ0) is 27.1. The van der Waals surface area contributed by atoms with E-state index in [1.54, 1.807) is 11.5 Å². The van der Waals surface area contributed by atoms with Gasteiger partial charge in [0.25, 0.3) is 0 Å². The number of esters is 1. The molecule has 0 amide bonds. The Kier molecular flexibility index (Phi) is 15.4. The first kappa shape index (κ1) is 32.6. The molecular formula is C20H34N4O10+2. The minimum Gasteiger partial charge on any atom is -0.480 e. The van der Waals surface area contributed by atoms with Gasteiger partial charge < -0.3 is 35.4 Å². The van der Waals surface area contributed by atoms with Gasteiger partial charge in [0.1, 0.15) is 18.4 Å². The summed E-state index contributed by atoms with van der Waals surface area (Å²) in [6.07, 6.45) is 3.40. The Bertz CT molecular complexity index is 797. The maximum atomic E-state index is 11.4. The van der Waals surface area contributed by atoms with Crippen molar-refractivity contribution in [2.45, 2.75) is 32.4 Å². The van der Waals surface area contributed by atoms with E-state index in [0.29, 0.717) is 22.3 Å². The maximum Gasteiger partial charge on any atom is 0.351 e. The van der Waals surface area contributed by atoms with Gasteiger partial charge in [0.2, 0.25) is 6.10 Å². The summed E-state index contributed by atoms with van der Waals surface area (Å²) in [4.78, 5) is 55.3. The molecule has 0 aliphatic carbocycles. The number of hydrogen-bond acceptors (Lipinski definition) is 8. The highest BCUT2D eigenvalue weighted by molar-refractivity contribution is 5.89. The van der Waals surface area contributed by atoms with Gasteiger partial charge >= 0.3 is 29.8 Å². The van der Waals surface area contributed by atoms with Crippen molar-refractivity contribution in [3.63, 3.8) is 0 Å². The van der Waals surface area contributed by atoms with Gasteiger partial charge in [-0.15, -0.1) is 0 Å². The molecule has 0 radical (unpaired) electrons. The molecule has 14 nitrogen and oxygen atoms in total. The van der Waals surface area contributed by atoms with Crippen LogP contribution in [0.25, 0.3) is 0 Å². The molecule has 8 N–H and O–H groups in total. The molecule has 0 aromatic rings. The second-order valence-corrected chi connectivity index (χ2v) is 8.28. The minimum atomic E-state index is -1.26. The zero-order valence-corrected chi connectivity index (χ0v) is 19.7. The van der Waals surface area contributed by atoms with Crippen molar-refractivity contribution >= 4 is 36.2 Å². The molecule has 1 unspecified atom stereocenters. The molecule has 0 bridgehead atoms. The van der Waals surface area contributed by atoms with E-state index in [1.165, 1.54) is 6.34 Å². The smallest absolute Gasteiger partial charge is 0.351 e. The number of nitrogens with two attached hydrogens (primary N) is 2. The van der Waals surface area contributed by atoms with Crippen LogP contribution in [0.15, 0.2) is 29.0 Å². The summed E-state index contributed by atoms with van der Waals surface area (Å²) in [6, 6.07) is -0.991. The Morgan fingerprint density at radius 2 is 1.53 bits per heavy atom. The lowest BCUT2D eigenvalue weighted by atomic mass is 10.1. The number of aliphatic carboxylic acids is 4. The summed E-state index contributed by atoms with van der Waals surface area (Å²) in [5, 5.41) is 34.6. The van der Waals surface area contributed by atoms with Gasteiger partial charge in [0, 0.05) is 18.6 Å². The van der Waals surface area contributed by atoms with Crippen molar-refractivity contribution in [2.75, 3.05) is 27.7 Å². The third kappa shape index (κ3) is 19.1. The first-order valence-electron chi connectivity index (χ1n) is 9.88. The summed E-state index contributed by atoms with van der Waals surface area (Å²) >= 11 is 0. The van der Waals surface area contributed by atoms with Crippen LogP contribution in [0.1, 0.15) is 20.3 Å². The van der Waals surface area contributed by atoms with Gasteiger partial charge in [-0.2, -0.15) is 0 Å². The van der Waals surface area contributed by atoms with Crippen LogP contribution in [0, 0.1) is 5.92 Å². The molecule has 0 fully saturated rings. The molecule has 34 heavy (non-hydrogen) atoms. The van der Waals surface area contributed by atoms with Crippen LogP contribution in [-0.2, 0) is 28.7 Å². The molecule has 1 rings (SSSR count). The number of likely N-dealkylation sites (N-methyl/N-ethyl adjacent to an activating group) is 1. The lowest BCUT2D eigenvalue weighted by Gasteiger charge is -2.27. The van der Waals surface area contributed by atoms with E-state index in [2.05, 4.69) is 4.99 Å². The molecule has 1 aliphatic heterocycles. The number of carbonyl (C=O) groups is 5. The number of hydrogen-bond donors (Lipinski definition) is 6. The van der Waals surface area contributed by atoms with Crippen LogP contribution in [0.4, 0.5) is 0 Å². The summed E-state index contributed by atoms with van der Waals surface area (Å²) in [5.74, 6) is -4.94. The van der Waals surface area contributed by atoms with Crippen molar-refractivity contribution in [1.82, 2.24) is 0 Å². The fourth-order valence-corrected chi connectivity index (χ4v) is 1.97. The quantitative estimate of drug-likeness (QED) is 0.115. The van der Waals surface area contributed by atoms with Crippen molar-refractivity contribution in [3.05, 3.63) is 24.0 Å². The Balaban J connectivity index is 0. The van der Waals surface area contributed by atoms with Gasteiger partial charge in [-0.3, -0.25) is 14.9 Å². The van der Waals surface area contributed by atoms with Crippen LogP contribution in [-0.4, -0.2) is 101 Å². The molecule has 0 saturated heterocycles. The number of carboxylic acid groups (broad SMARTS) is 4. The largest absolute Gasteiger partial charge is 0.480 e. The van der Waals surface area contributed by atoms with Crippen molar-refractivity contribution in [2.24, 2.45) is 16.6 Å². The van der Waals surface area contributed by atoms with E-state index in [9.17, 15) is 24.0 Å². The summed E-state index contributed by atoms with van der Waals surface area (Å²) < 4.78 is 5.38. The van der Waals surface area contributed by atoms with Crippen LogP contribution in [0.5, 0.6) is 0 Å². The van der Waals surface area contributed by atoms with E-state index in [-0.39, 0.29) is 18.9 Å². The maximum absolute atomic E-state index is 11.4. The average molecular weight is 491 g/mol. The number of aliphatic imine (C=N–C) groups is 1. The summed E-state index contributed by atoms with van der Waals surface area (Å²) in [6.45, 7) is 4.03. The molecule has 0 aromatic carbocycles. The second-order valence-electron chi connectivity index (χ2n) is 8.28. The van der Waals surface area contributed by atoms with E-state index in [4.69, 9.17) is 30.9 Å². The van der Waals surface area contributed by atoms with Gasteiger partial charge in [0.05, 0.1) is 21.1 Å². The minimum absolute atomic E-state index is 0.172. The monoisotopic (exact) mass is 490 g/mol. The Labute approximate surface area is 196 Å². The predicted octanol–water partition coefficient (Wildman–Crippen LogP) is -1.71. The summed E-state index contributed by atoms with van der Waals surface area (Å²) in [7, 11) is 5.56. The first-order valence-corrected chi connectivity index (χ1v) is 9.88. The Morgan fingerprint density at radius 1 is 1.03 bits per heavy atom. The second kappa shape index (κ2) is 16.1. The van der Waals surface area contributed by atoms with Crippen molar-refractivity contribution < 1.29 is 58.9 Å². The van der Waals surface area contributed by atoms with Gasteiger partial charge in [-0.05, 0) is 5.92 Å². The van der Waals surface area contributed by atoms with E-state index in [1.807, 2.05) is 35.0 Å². The Morgan fingerprint density at radius 3 is 1.82 bits per heavy atom. The highest BCUT2D eigenvalue weighted by Crippen LogP contribution is 2.06. The molecule has 2 atom stereocenters. The third-order valence-electron chi connectivity index (χ3n) is 3.37. The van der Waals surface area contributed by atoms with Crippen molar-refractivity contribution in [3.8, 4) is 0 Å². The van der Waals surface area contributed by atoms with E-state index >= 15 is 0 Å². The van der Waals surface area contributed by atoms with Gasteiger partial charge in [0.15, 0.2) is 12.4 Å². The summed E-state index contributed by atoms with van der Waals surface area (Å²) in [5.41, 5.74) is 5.62. The van der Waals surface area contributed by atoms with E-state index < -0.39 is 42.0 Å². The third-order valence-corrected chi connectivity index (χ3v) is 3.37. The number of rotatable bonds is 10. The molecule has 1 heterocycles. The number of carboxylic acids is 4. The van der Waals surface area contributed by atoms with E-state index in [0.717, 1.165) is 0 Å². The van der Waals surface area contributed by atoms with Gasteiger partial charge in [-0.1, -0.05) is 13.8 Å². The van der Waals surface area contributed by atoms with Crippen LogP contribution < -0.4 is 11.1 Å². The fourth-order valence-electron chi connectivity index (χ4n) is 1.97. The fraction of sp³-hybridized carbons (Fsp3) is 0.500. The predicted molar refractivity (Wildman–Crippen MR) is 118 cm³/mol. The molecule has 0 saturated carbocycles. The van der Waals surface area contributed by atoms with Crippen LogP contribution in [0.2, 0.25) is 0 Å². The Hall–Kier alpha value is -3.62. The normalized spacial score (nSPS) is 14.1. The number of quaternary nitrogens is 2. The van der Waals surface area contributed by atoms with Crippen LogP contribution in [0.3, 0.4) is 0 Å². The first-order chi connectivity index (χ1) is 15.5. The lowest BCUT2D eigenvalue weighted by Crippen LogP contribution is -2.74. The molecule has 0 spiro atoms. The lowest BCUT2D eigenvalue weighted by molar-refractivity contribution is -0.872. The number of ether oxygens (including phenoxy) is 1. The highest BCUT2D eigenvalue weighted by Gasteiger charge is 2.28. The highest BCUT2D eigenvalue weighted by atomic mass is 16.6.